The van der Waals surface area contributed by atoms with Crippen molar-refractivity contribution in [3.8, 4) is 5.75 Å². The Morgan fingerprint density at radius 3 is 2.90 bits per heavy atom. The van der Waals surface area contributed by atoms with Crippen LogP contribution in [-0.4, -0.2) is 16.5 Å². The molecule has 98 valence electrons. The topological polar surface area (TPSA) is 56.7 Å². The lowest BCUT2D eigenvalue weighted by atomic mass is 10.2. The zero-order valence-corrected chi connectivity index (χ0v) is 10.7. The highest BCUT2D eigenvalue weighted by atomic mass is 16.5. The van der Waals surface area contributed by atoms with Crippen LogP contribution < -0.4 is 10.3 Å². The van der Waals surface area contributed by atoms with Gasteiger partial charge in [-0.3, -0.25) is 4.79 Å². The number of ether oxygens (including phenoxy) is 1. The molecule has 0 atom stereocenters. The van der Waals surface area contributed by atoms with Gasteiger partial charge in [-0.05, 0) is 24.3 Å². The SMILES string of the molecule is COc1ccc2c(c1)nc1oc3ccccc3c(=O)n12. The quantitative estimate of drug-likeness (QED) is 0.531. The second-order valence-electron chi connectivity index (χ2n) is 4.49. The molecule has 4 rings (SSSR count). The van der Waals surface area contributed by atoms with Crippen molar-refractivity contribution in [2.75, 3.05) is 7.11 Å². The summed E-state index contributed by atoms with van der Waals surface area (Å²) in [5.74, 6) is 0.981. The Labute approximate surface area is 113 Å². The molecular weight excluding hydrogens is 256 g/mol. The van der Waals surface area contributed by atoms with Crippen molar-refractivity contribution in [2.24, 2.45) is 0 Å². The lowest BCUT2D eigenvalue weighted by molar-refractivity contribution is 0.415. The fourth-order valence-electron chi connectivity index (χ4n) is 2.38. The minimum atomic E-state index is -0.130. The van der Waals surface area contributed by atoms with Crippen LogP contribution in [0.3, 0.4) is 0 Å². The van der Waals surface area contributed by atoms with E-state index in [0.717, 1.165) is 0 Å². The summed E-state index contributed by atoms with van der Waals surface area (Å²) in [6.07, 6.45) is 0. The number of rotatable bonds is 1. The van der Waals surface area contributed by atoms with E-state index in [-0.39, 0.29) is 11.4 Å². The normalized spacial score (nSPS) is 11.4. The zero-order valence-electron chi connectivity index (χ0n) is 10.7. The van der Waals surface area contributed by atoms with Crippen LogP contribution in [0.25, 0.3) is 27.8 Å². The second kappa shape index (κ2) is 3.84. The number of para-hydroxylation sites is 1. The molecule has 5 heteroatoms. The Morgan fingerprint density at radius 1 is 1.20 bits per heavy atom. The molecule has 0 aliphatic rings. The largest absolute Gasteiger partial charge is 0.497 e. The lowest BCUT2D eigenvalue weighted by Crippen LogP contribution is -2.12. The molecule has 0 unspecified atom stereocenters. The third-order valence-electron chi connectivity index (χ3n) is 3.35. The van der Waals surface area contributed by atoms with Gasteiger partial charge < -0.3 is 9.15 Å². The minimum absolute atomic E-state index is 0.130. The average Bonchev–Trinajstić information content (AvgIpc) is 2.84. The van der Waals surface area contributed by atoms with Gasteiger partial charge in [0.15, 0.2) is 0 Å². The van der Waals surface area contributed by atoms with Crippen molar-refractivity contribution in [2.45, 2.75) is 0 Å². The maximum Gasteiger partial charge on any atom is 0.310 e. The van der Waals surface area contributed by atoms with Gasteiger partial charge >= 0.3 is 5.84 Å². The monoisotopic (exact) mass is 266 g/mol. The van der Waals surface area contributed by atoms with Gasteiger partial charge in [-0.2, -0.15) is 4.98 Å². The van der Waals surface area contributed by atoms with Gasteiger partial charge in [-0.15, -0.1) is 0 Å². The van der Waals surface area contributed by atoms with Crippen LogP contribution in [0.15, 0.2) is 51.7 Å². The van der Waals surface area contributed by atoms with Gasteiger partial charge in [0, 0.05) is 6.07 Å². The fourth-order valence-corrected chi connectivity index (χ4v) is 2.38. The van der Waals surface area contributed by atoms with Crippen molar-refractivity contribution in [1.82, 2.24) is 9.38 Å². The van der Waals surface area contributed by atoms with E-state index >= 15 is 0 Å². The number of imidazole rings is 1. The van der Waals surface area contributed by atoms with Crippen molar-refractivity contribution < 1.29 is 9.15 Å². The Balaban J connectivity index is 2.24. The molecule has 2 heterocycles. The van der Waals surface area contributed by atoms with Crippen LogP contribution in [-0.2, 0) is 0 Å². The molecule has 4 aromatic rings. The van der Waals surface area contributed by atoms with Crippen molar-refractivity contribution in [3.05, 3.63) is 52.8 Å². The van der Waals surface area contributed by atoms with Gasteiger partial charge in [0.1, 0.15) is 11.3 Å². The van der Waals surface area contributed by atoms with Crippen molar-refractivity contribution in [1.29, 1.82) is 0 Å². The molecule has 0 aliphatic heterocycles. The fraction of sp³-hybridized carbons (Fsp3) is 0.0667. The van der Waals surface area contributed by atoms with Crippen LogP contribution in [0.4, 0.5) is 0 Å². The average molecular weight is 266 g/mol. The van der Waals surface area contributed by atoms with Gasteiger partial charge in [-0.1, -0.05) is 12.1 Å². The molecule has 0 fully saturated rings. The second-order valence-corrected chi connectivity index (χ2v) is 4.49. The predicted molar refractivity (Wildman–Crippen MR) is 75.3 cm³/mol. The van der Waals surface area contributed by atoms with E-state index in [1.807, 2.05) is 12.1 Å². The Bertz CT molecular complexity index is 1010. The number of nitrogens with zero attached hydrogens (tertiary/aromatic N) is 2. The van der Waals surface area contributed by atoms with E-state index in [9.17, 15) is 4.79 Å². The minimum Gasteiger partial charge on any atom is -0.497 e. The number of aromatic nitrogens is 2. The van der Waals surface area contributed by atoms with Crippen LogP contribution in [0, 0.1) is 0 Å². The first-order chi connectivity index (χ1) is 9.78. The van der Waals surface area contributed by atoms with Crippen LogP contribution >= 0.6 is 0 Å². The highest BCUT2D eigenvalue weighted by molar-refractivity contribution is 5.84. The summed E-state index contributed by atoms with van der Waals surface area (Å²) in [6.45, 7) is 0. The first kappa shape index (κ1) is 11.0. The molecule has 0 saturated heterocycles. The maximum absolute atomic E-state index is 12.5. The Hall–Kier alpha value is -2.82. The standard InChI is InChI=1S/C15H10N2O3/c1-19-9-6-7-12-11(8-9)16-15-17(12)14(18)10-4-2-3-5-13(10)20-15/h2-8H,1H3. The van der Waals surface area contributed by atoms with E-state index < -0.39 is 0 Å². The molecule has 0 saturated carbocycles. The Morgan fingerprint density at radius 2 is 2.05 bits per heavy atom. The first-order valence-corrected chi connectivity index (χ1v) is 6.16. The highest BCUT2D eigenvalue weighted by Gasteiger charge is 2.12. The highest BCUT2D eigenvalue weighted by Crippen LogP contribution is 2.22. The zero-order chi connectivity index (χ0) is 13.7. The van der Waals surface area contributed by atoms with Crippen molar-refractivity contribution >= 4 is 27.8 Å². The van der Waals surface area contributed by atoms with Gasteiger partial charge in [0.05, 0.1) is 23.5 Å². The summed E-state index contributed by atoms with van der Waals surface area (Å²) < 4.78 is 12.3. The molecule has 0 spiro atoms. The van der Waals surface area contributed by atoms with Gasteiger partial charge in [0.2, 0.25) is 0 Å². The van der Waals surface area contributed by atoms with Crippen LogP contribution in [0.5, 0.6) is 5.75 Å². The number of benzene rings is 2. The molecule has 2 aromatic carbocycles. The predicted octanol–water partition coefficient (Wildman–Crippen LogP) is 2.60. The molecule has 20 heavy (non-hydrogen) atoms. The number of methoxy groups -OCH3 is 1. The third kappa shape index (κ3) is 1.37. The molecule has 0 bridgehead atoms. The van der Waals surface area contributed by atoms with E-state index in [4.69, 9.17) is 9.15 Å². The van der Waals surface area contributed by atoms with E-state index in [2.05, 4.69) is 4.98 Å². The summed E-state index contributed by atoms with van der Waals surface area (Å²) in [5, 5.41) is 0.537. The molecular formula is C15H10N2O3. The summed E-state index contributed by atoms with van der Waals surface area (Å²) in [7, 11) is 1.59. The molecule has 0 N–H and O–H groups in total. The van der Waals surface area contributed by atoms with Gasteiger partial charge in [-0.25, -0.2) is 4.40 Å². The maximum atomic E-state index is 12.5. The van der Waals surface area contributed by atoms with Gasteiger partial charge in [0.25, 0.3) is 5.56 Å². The molecule has 0 aliphatic carbocycles. The van der Waals surface area contributed by atoms with Crippen LogP contribution in [0.1, 0.15) is 0 Å². The summed E-state index contributed by atoms with van der Waals surface area (Å²) in [4.78, 5) is 16.9. The number of hydrogen-bond donors (Lipinski definition) is 0. The third-order valence-corrected chi connectivity index (χ3v) is 3.35. The summed E-state index contributed by atoms with van der Waals surface area (Å²) >= 11 is 0. The lowest BCUT2D eigenvalue weighted by Gasteiger charge is -1.99. The molecule has 0 amide bonds. The molecule has 0 radical (unpaired) electrons. The summed E-state index contributed by atoms with van der Waals surface area (Å²) in [6, 6.07) is 12.5. The number of fused-ring (bicyclic) bond motifs is 4. The number of hydrogen-bond acceptors (Lipinski definition) is 4. The van der Waals surface area contributed by atoms with E-state index in [0.29, 0.717) is 27.8 Å². The Kier molecular flexibility index (Phi) is 2.12. The molecule has 2 aromatic heterocycles. The van der Waals surface area contributed by atoms with E-state index in [1.165, 1.54) is 4.40 Å². The first-order valence-electron chi connectivity index (χ1n) is 6.16. The summed E-state index contributed by atoms with van der Waals surface area (Å²) in [5.41, 5.74) is 1.78. The molecule has 5 nitrogen and oxygen atoms in total. The smallest absolute Gasteiger partial charge is 0.310 e. The van der Waals surface area contributed by atoms with E-state index in [1.54, 1.807) is 37.4 Å². The van der Waals surface area contributed by atoms with Crippen molar-refractivity contribution in [3.63, 3.8) is 0 Å². The van der Waals surface area contributed by atoms with Crippen LogP contribution in [0.2, 0.25) is 0 Å².